The molecule has 0 aromatic heterocycles. The zero-order valence-electron chi connectivity index (χ0n) is 11.7. The molecule has 0 radical (unpaired) electrons. The molecule has 7 nitrogen and oxygen atoms in total. The maximum atomic E-state index is 13.0. The SMILES string of the molecule is COC(=O)[C@@H](NC(=O)c1ccc(F)c(Br)c1)[C@@H](C)O.Cl.NO. The van der Waals surface area contributed by atoms with Crippen molar-refractivity contribution in [1.29, 1.82) is 0 Å². The zero-order chi connectivity index (χ0) is 16.6. The van der Waals surface area contributed by atoms with E-state index in [1.807, 2.05) is 0 Å². The van der Waals surface area contributed by atoms with Gasteiger partial charge in [-0.15, -0.1) is 12.4 Å². The second-order valence-corrected chi connectivity index (χ2v) is 4.70. The highest BCUT2D eigenvalue weighted by molar-refractivity contribution is 9.10. The number of nitrogens with two attached hydrogens (primary N) is 1. The predicted octanol–water partition coefficient (Wildman–Crippen LogP) is 0.996. The van der Waals surface area contributed by atoms with Gasteiger partial charge in [0.2, 0.25) is 0 Å². The van der Waals surface area contributed by atoms with Gasteiger partial charge in [0.05, 0.1) is 17.7 Å². The van der Waals surface area contributed by atoms with Crippen LogP contribution in [0.2, 0.25) is 0 Å². The molecule has 0 aliphatic carbocycles. The van der Waals surface area contributed by atoms with Gasteiger partial charge in [-0.2, -0.15) is 0 Å². The van der Waals surface area contributed by atoms with Crippen molar-refractivity contribution in [3.05, 3.63) is 34.1 Å². The third-order valence-electron chi connectivity index (χ3n) is 2.41. The van der Waals surface area contributed by atoms with E-state index in [4.69, 9.17) is 5.21 Å². The smallest absolute Gasteiger partial charge is 0.331 e. The van der Waals surface area contributed by atoms with Crippen LogP contribution in [0.4, 0.5) is 4.39 Å². The van der Waals surface area contributed by atoms with E-state index >= 15 is 0 Å². The van der Waals surface area contributed by atoms with Crippen LogP contribution in [0, 0.1) is 5.82 Å². The molecule has 0 heterocycles. The number of carbonyl (C=O) groups excluding carboxylic acids is 2. The van der Waals surface area contributed by atoms with E-state index in [-0.39, 0.29) is 22.4 Å². The number of benzene rings is 1. The van der Waals surface area contributed by atoms with E-state index < -0.39 is 29.8 Å². The second kappa shape index (κ2) is 11.3. The van der Waals surface area contributed by atoms with Gasteiger partial charge in [-0.05, 0) is 41.1 Å². The molecular weight excluding hydrogens is 386 g/mol. The first kappa shape index (κ1) is 23.0. The van der Waals surface area contributed by atoms with Crippen LogP contribution in [0.3, 0.4) is 0 Å². The molecule has 0 aliphatic rings. The van der Waals surface area contributed by atoms with E-state index in [9.17, 15) is 19.1 Å². The van der Waals surface area contributed by atoms with Gasteiger partial charge in [-0.1, -0.05) is 0 Å². The van der Waals surface area contributed by atoms with Crippen molar-refractivity contribution in [3.63, 3.8) is 0 Å². The number of hydrogen-bond acceptors (Lipinski definition) is 6. The molecule has 0 saturated heterocycles. The summed E-state index contributed by atoms with van der Waals surface area (Å²) in [4.78, 5) is 23.2. The number of aliphatic hydroxyl groups is 1. The molecular formula is C12H17BrClFN2O5. The van der Waals surface area contributed by atoms with Crippen molar-refractivity contribution in [2.24, 2.45) is 5.90 Å². The van der Waals surface area contributed by atoms with Crippen LogP contribution in [-0.4, -0.2) is 41.4 Å². The monoisotopic (exact) mass is 402 g/mol. The number of amides is 1. The largest absolute Gasteiger partial charge is 0.467 e. The highest BCUT2D eigenvalue weighted by Crippen LogP contribution is 2.17. The molecule has 1 amide bonds. The number of nitrogens with one attached hydrogen (secondary N) is 1. The van der Waals surface area contributed by atoms with Crippen molar-refractivity contribution in [3.8, 4) is 0 Å². The zero-order valence-corrected chi connectivity index (χ0v) is 14.1. The third kappa shape index (κ3) is 6.67. The minimum Gasteiger partial charge on any atom is -0.467 e. The average molecular weight is 404 g/mol. The summed E-state index contributed by atoms with van der Waals surface area (Å²) in [7, 11) is 1.15. The van der Waals surface area contributed by atoms with Crippen LogP contribution in [0.5, 0.6) is 0 Å². The topological polar surface area (TPSA) is 122 Å². The van der Waals surface area contributed by atoms with Crippen molar-refractivity contribution >= 4 is 40.2 Å². The van der Waals surface area contributed by atoms with Gasteiger partial charge in [0.1, 0.15) is 5.82 Å². The fourth-order valence-electron chi connectivity index (χ4n) is 1.37. The van der Waals surface area contributed by atoms with Crippen LogP contribution in [0.1, 0.15) is 17.3 Å². The molecule has 1 aromatic rings. The van der Waals surface area contributed by atoms with Gasteiger partial charge in [-0.3, -0.25) is 4.79 Å². The van der Waals surface area contributed by atoms with Crippen molar-refractivity contribution in [1.82, 2.24) is 5.32 Å². The molecule has 0 fully saturated rings. The molecule has 0 bridgehead atoms. The first-order chi connectivity index (χ1) is 9.86. The summed E-state index contributed by atoms with van der Waals surface area (Å²) in [5.41, 5.74) is 0.155. The molecule has 0 aliphatic heterocycles. The highest BCUT2D eigenvalue weighted by atomic mass is 79.9. The number of ether oxygens (including phenoxy) is 1. The minimum atomic E-state index is -1.18. The summed E-state index contributed by atoms with van der Waals surface area (Å²) >= 11 is 2.96. The van der Waals surface area contributed by atoms with Gasteiger partial charge in [-0.25, -0.2) is 15.1 Å². The normalized spacial score (nSPS) is 12.0. The summed E-state index contributed by atoms with van der Waals surface area (Å²) < 4.78 is 17.6. The molecule has 2 atom stereocenters. The lowest BCUT2D eigenvalue weighted by Gasteiger charge is -2.18. The maximum absolute atomic E-state index is 13.0. The lowest BCUT2D eigenvalue weighted by atomic mass is 10.1. The summed E-state index contributed by atoms with van der Waals surface area (Å²) in [6.07, 6.45) is -1.11. The quantitative estimate of drug-likeness (QED) is 0.439. The van der Waals surface area contributed by atoms with Gasteiger partial charge >= 0.3 is 5.97 Å². The molecule has 5 N–H and O–H groups in total. The molecule has 1 rings (SSSR count). The first-order valence-corrected chi connectivity index (χ1v) is 6.43. The number of aliphatic hydroxyl groups excluding tert-OH is 1. The lowest BCUT2D eigenvalue weighted by Crippen LogP contribution is -2.48. The number of esters is 1. The molecule has 126 valence electrons. The number of rotatable bonds is 4. The Kier molecular flexibility index (Phi) is 11.8. The molecule has 0 spiro atoms. The summed E-state index contributed by atoms with van der Waals surface area (Å²) in [5, 5.41) is 18.2. The minimum absolute atomic E-state index is 0. The van der Waals surface area contributed by atoms with E-state index in [1.165, 1.54) is 19.1 Å². The van der Waals surface area contributed by atoms with E-state index in [1.54, 1.807) is 0 Å². The predicted molar refractivity (Wildman–Crippen MR) is 82.3 cm³/mol. The van der Waals surface area contributed by atoms with Crippen molar-refractivity contribution < 1.29 is 29.0 Å². The van der Waals surface area contributed by atoms with Gasteiger partial charge < -0.3 is 20.4 Å². The Bertz CT molecular complexity index is 504. The molecule has 0 saturated carbocycles. The first-order valence-electron chi connectivity index (χ1n) is 5.64. The number of methoxy groups -OCH3 is 1. The van der Waals surface area contributed by atoms with Gasteiger partial charge in [0.15, 0.2) is 6.04 Å². The van der Waals surface area contributed by atoms with E-state index in [0.717, 1.165) is 13.2 Å². The van der Waals surface area contributed by atoms with E-state index in [2.05, 4.69) is 31.9 Å². The van der Waals surface area contributed by atoms with Crippen LogP contribution in [0.25, 0.3) is 0 Å². The van der Waals surface area contributed by atoms with Crippen LogP contribution < -0.4 is 11.2 Å². The Morgan fingerprint density at radius 1 is 1.41 bits per heavy atom. The number of halogens is 3. The summed E-state index contributed by atoms with van der Waals surface area (Å²) in [5.74, 6) is 1.62. The Morgan fingerprint density at radius 2 is 1.95 bits per heavy atom. The Morgan fingerprint density at radius 3 is 2.36 bits per heavy atom. The highest BCUT2D eigenvalue weighted by Gasteiger charge is 2.26. The van der Waals surface area contributed by atoms with Gasteiger partial charge in [0, 0.05) is 5.56 Å². The molecule has 10 heteroatoms. The van der Waals surface area contributed by atoms with Crippen molar-refractivity contribution in [2.75, 3.05) is 7.11 Å². The van der Waals surface area contributed by atoms with Gasteiger partial charge in [0.25, 0.3) is 5.91 Å². The lowest BCUT2D eigenvalue weighted by molar-refractivity contribution is -0.145. The molecule has 0 unspecified atom stereocenters. The fourth-order valence-corrected chi connectivity index (χ4v) is 1.74. The maximum Gasteiger partial charge on any atom is 0.331 e. The second-order valence-electron chi connectivity index (χ2n) is 3.84. The summed E-state index contributed by atoms with van der Waals surface area (Å²) in [6.45, 7) is 1.35. The number of carbonyl (C=O) groups is 2. The Hall–Kier alpha value is -1.26. The number of hydrogen-bond donors (Lipinski definition) is 4. The summed E-state index contributed by atoms with van der Waals surface area (Å²) in [6, 6.07) is 2.49. The Labute approximate surface area is 141 Å². The van der Waals surface area contributed by atoms with Crippen LogP contribution >= 0.6 is 28.3 Å². The van der Waals surface area contributed by atoms with Crippen LogP contribution in [-0.2, 0) is 9.53 Å². The fraction of sp³-hybridized carbons (Fsp3) is 0.333. The van der Waals surface area contributed by atoms with Crippen molar-refractivity contribution in [2.45, 2.75) is 19.1 Å². The van der Waals surface area contributed by atoms with E-state index in [0.29, 0.717) is 0 Å². The standard InChI is InChI=1S/C12H13BrFNO4.ClH.H3NO/c1-6(16)10(12(18)19-2)15-11(17)7-3-4-9(14)8(13)5-7;;1-2/h3-6,10,16H,1-2H3,(H,15,17);1H;2H,1H2/t6-,10+;;/m1../s1. The Balaban J connectivity index is 0. The molecule has 22 heavy (non-hydrogen) atoms. The molecule has 1 aromatic carbocycles. The van der Waals surface area contributed by atoms with Crippen LogP contribution in [0.15, 0.2) is 22.7 Å². The third-order valence-corrected chi connectivity index (χ3v) is 3.01. The average Bonchev–Trinajstić information content (AvgIpc) is 2.48.